The standard InChI is InChI=1S/C22H14F12N2O2/c1-10-4-11(2-3-15(10)17(37)35-9-19(23,24)25)16-8-18(38-36-16,22(32,33)34)12-5-13(20(26,27)28)7-14(6-12)21(29,30)31/h2-7H,8-9H2,1H3,(H,35,37). The third-order valence-corrected chi connectivity index (χ3v) is 5.49. The molecule has 4 nitrogen and oxygen atoms in total. The van der Waals surface area contributed by atoms with Gasteiger partial charge in [-0.1, -0.05) is 11.2 Å². The van der Waals surface area contributed by atoms with Crippen molar-refractivity contribution in [1.29, 1.82) is 0 Å². The molecule has 1 aliphatic heterocycles. The quantitative estimate of drug-likeness (QED) is 0.410. The topological polar surface area (TPSA) is 50.7 Å². The van der Waals surface area contributed by atoms with Crippen molar-refractivity contribution in [2.45, 2.75) is 43.7 Å². The molecular weight excluding hydrogens is 552 g/mol. The molecular formula is C22H14F12N2O2. The van der Waals surface area contributed by atoms with Crippen LogP contribution in [-0.4, -0.2) is 30.5 Å². The van der Waals surface area contributed by atoms with Crippen LogP contribution in [0.4, 0.5) is 52.7 Å². The van der Waals surface area contributed by atoms with E-state index in [0.29, 0.717) is 0 Å². The zero-order chi connectivity index (χ0) is 28.9. The maximum atomic E-state index is 14.2. The molecule has 0 spiro atoms. The van der Waals surface area contributed by atoms with Crippen molar-refractivity contribution < 1.29 is 62.3 Å². The summed E-state index contributed by atoms with van der Waals surface area (Å²) < 4.78 is 159. The van der Waals surface area contributed by atoms with E-state index in [4.69, 9.17) is 0 Å². The smallest absolute Gasteiger partial charge is 0.374 e. The van der Waals surface area contributed by atoms with Crippen LogP contribution in [0.15, 0.2) is 41.6 Å². The van der Waals surface area contributed by atoms with Gasteiger partial charge >= 0.3 is 24.7 Å². The van der Waals surface area contributed by atoms with E-state index in [9.17, 15) is 57.5 Å². The lowest BCUT2D eigenvalue weighted by molar-refractivity contribution is -0.276. The Morgan fingerprint density at radius 1 is 0.895 bits per heavy atom. The number of amides is 1. The molecule has 38 heavy (non-hydrogen) atoms. The summed E-state index contributed by atoms with van der Waals surface area (Å²) in [7, 11) is 0. The third-order valence-electron chi connectivity index (χ3n) is 5.49. The van der Waals surface area contributed by atoms with Crippen molar-refractivity contribution in [3.8, 4) is 0 Å². The number of nitrogens with zero attached hydrogens (tertiary/aromatic N) is 1. The summed E-state index contributed by atoms with van der Waals surface area (Å²) in [4.78, 5) is 16.5. The van der Waals surface area contributed by atoms with E-state index >= 15 is 0 Å². The zero-order valence-corrected chi connectivity index (χ0v) is 18.7. The number of alkyl halides is 12. The number of halogens is 12. The normalized spacial score (nSPS) is 18.7. The summed E-state index contributed by atoms with van der Waals surface area (Å²) in [6, 6.07) is 2.47. The van der Waals surface area contributed by atoms with E-state index in [-0.39, 0.29) is 34.9 Å². The third kappa shape index (κ3) is 5.99. The fourth-order valence-electron chi connectivity index (χ4n) is 3.62. The molecule has 0 aromatic heterocycles. The molecule has 1 amide bonds. The molecule has 1 N–H and O–H groups in total. The minimum absolute atomic E-state index is 0.00666. The van der Waals surface area contributed by atoms with Crippen LogP contribution in [0.5, 0.6) is 0 Å². The summed E-state index contributed by atoms with van der Waals surface area (Å²) in [6.45, 7) is -0.416. The van der Waals surface area contributed by atoms with Crippen molar-refractivity contribution in [1.82, 2.24) is 5.32 Å². The number of carbonyl (C=O) groups is 1. The largest absolute Gasteiger partial charge is 0.435 e. The van der Waals surface area contributed by atoms with E-state index in [1.54, 1.807) is 5.32 Å². The number of carbonyl (C=O) groups excluding carboxylic acids is 1. The average Bonchev–Trinajstić information content (AvgIpc) is 3.22. The van der Waals surface area contributed by atoms with E-state index in [1.165, 1.54) is 6.92 Å². The molecule has 0 aliphatic carbocycles. The highest BCUT2D eigenvalue weighted by Gasteiger charge is 2.63. The summed E-state index contributed by atoms with van der Waals surface area (Å²) in [6.07, 6.45) is -22.4. The number of aryl methyl sites for hydroxylation is 1. The first-order chi connectivity index (χ1) is 17.1. The van der Waals surface area contributed by atoms with Crippen LogP contribution in [0.1, 0.15) is 44.6 Å². The monoisotopic (exact) mass is 566 g/mol. The van der Waals surface area contributed by atoms with Crippen LogP contribution in [0.25, 0.3) is 0 Å². The Morgan fingerprint density at radius 2 is 1.45 bits per heavy atom. The molecule has 2 aromatic rings. The maximum Gasteiger partial charge on any atom is 0.435 e. The lowest BCUT2D eigenvalue weighted by atomic mass is 9.84. The number of benzene rings is 2. The molecule has 0 fully saturated rings. The van der Waals surface area contributed by atoms with Gasteiger partial charge in [0, 0.05) is 17.5 Å². The van der Waals surface area contributed by atoms with Gasteiger partial charge in [0.1, 0.15) is 6.54 Å². The molecule has 0 bridgehead atoms. The number of hydrogen-bond donors (Lipinski definition) is 1. The molecule has 0 saturated heterocycles. The zero-order valence-electron chi connectivity index (χ0n) is 18.7. The van der Waals surface area contributed by atoms with Crippen LogP contribution < -0.4 is 5.32 Å². The first kappa shape index (κ1) is 29.1. The fraction of sp³-hybridized carbons (Fsp3) is 0.364. The number of nitrogens with one attached hydrogen (secondary N) is 1. The first-order valence-electron chi connectivity index (χ1n) is 10.2. The Bertz CT molecular complexity index is 1230. The lowest BCUT2D eigenvalue weighted by Crippen LogP contribution is -2.43. The van der Waals surface area contributed by atoms with Crippen LogP contribution >= 0.6 is 0 Å². The van der Waals surface area contributed by atoms with Gasteiger partial charge in [-0.05, 0) is 48.4 Å². The van der Waals surface area contributed by atoms with Gasteiger partial charge < -0.3 is 10.2 Å². The van der Waals surface area contributed by atoms with Gasteiger partial charge in [0.25, 0.3) is 11.5 Å². The molecule has 208 valence electrons. The Kier molecular flexibility index (Phi) is 7.18. The van der Waals surface area contributed by atoms with Gasteiger partial charge in [0.15, 0.2) is 0 Å². The Labute approximate surface area is 205 Å². The van der Waals surface area contributed by atoms with Crippen molar-refractivity contribution in [2.24, 2.45) is 5.16 Å². The molecule has 1 atom stereocenters. The molecule has 1 unspecified atom stereocenters. The predicted octanol–water partition coefficient (Wildman–Crippen LogP) is 6.91. The molecule has 16 heteroatoms. The molecule has 1 heterocycles. The van der Waals surface area contributed by atoms with Gasteiger partial charge in [-0.3, -0.25) is 4.79 Å². The van der Waals surface area contributed by atoms with Gasteiger partial charge in [-0.25, -0.2) is 0 Å². The molecule has 1 aliphatic rings. The SMILES string of the molecule is Cc1cc(C2=NOC(c3cc(C(F)(F)F)cc(C(F)(F)F)c3)(C(F)(F)F)C2)ccc1C(=O)NCC(F)(F)F. The van der Waals surface area contributed by atoms with Crippen molar-refractivity contribution in [3.05, 3.63) is 69.8 Å². The minimum Gasteiger partial charge on any atom is -0.374 e. The molecule has 3 rings (SSSR count). The number of oxime groups is 1. The van der Waals surface area contributed by atoms with Crippen LogP contribution in [0.2, 0.25) is 0 Å². The van der Waals surface area contributed by atoms with E-state index in [1.807, 2.05) is 0 Å². The number of hydrogen-bond acceptors (Lipinski definition) is 3. The highest BCUT2D eigenvalue weighted by atomic mass is 19.4. The van der Waals surface area contributed by atoms with Crippen molar-refractivity contribution in [2.75, 3.05) is 6.54 Å². The summed E-state index contributed by atoms with van der Waals surface area (Å²) in [5, 5.41) is 4.86. The summed E-state index contributed by atoms with van der Waals surface area (Å²) in [5.74, 6) is -1.15. The summed E-state index contributed by atoms with van der Waals surface area (Å²) in [5.41, 5.74) is -10.2. The second-order valence-corrected chi connectivity index (χ2v) is 8.25. The van der Waals surface area contributed by atoms with Crippen LogP contribution in [0, 0.1) is 6.92 Å². The Balaban J connectivity index is 2.01. The van der Waals surface area contributed by atoms with Gasteiger partial charge in [0.05, 0.1) is 16.8 Å². The second kappa shape index (κ2) is 9.38. The van der Waals surface area contributed by atoms with Crippen LogP contribution in [0.3, 0.4) is 0 Å². The van der Waals surface area contributed by atoms with Gasteiger partial charge in [0.2, 0.25) is 0 Å². The van der Waals surface area contributed by atoms with E-state index < -0.39 is 71.6 Å². The summed E-state index contributed by atoms with van der Waals surface area (Å²) >= 11 is 0. The van der Waals surface area contributed by atoms with Crippen LogP contribution in [-0.2, 0) is 22.8 Å². The first-order valence-corrected chi connectivity index (χ1v) is 10.2. The second-order valence-electron chi connectivity index (χ2n) is 8.25. The van der Waals surface area contributed by atoms with E-state index in [2.05, 4.69) is 9.99 Å². The average molecular weight is 566 g/mol. The minimum atomic E-state index is -5.54. The van der Waals surface area contributed by atoms with Gasteiger partial charge in [-0.2, -0.15) is 52.7 Å². The fourth-order valence-corrected chi connectivity index (χ4v) is 3.62. The highest BCUT2D eigenvalue weighted by Crippen LogP contribution is 2.51. The molecule has 0 radical (unpaired) electrons. The van der Waals surface area contributed by atoms with Crippen molar-refractivity contribution >= 4 is 11.6 Å². The van der Waals surface area contributed by atoms with Gasteiger partial charge in [-0.15, -0.1) is 0 Å². The molecule has 2 aromatic carbocycles. The predicted molar refractivity (Wildman–Crippen MR) is 106 cm³/mol. The maximum absolute atomic E-state index is 14.2. The highest BCUT2D eigenvalue weighted by molar-refractivity contribution is 6.03. The van der Waals surface area contributed by atoms with E-state index in [0.717, 1.165) is 18.2 Å². The molecule has 0 saturated carbocycles. The Hall–Kier alpha value is -3.46. The number of rotatable bonds is 4. The van der Waals surface area contributed by atoms with Crippen molar-refractivity contribution in [3.63, 3.8) is 0 Å². The lowest BCUT2D eigenvalue weighted by Gasteiger charge is -2.30. The Morgan fingerprint density at radius 3 is 1.89 bits per heavy atom.